The zero-order valence-corrected chi connectivity index (χ0v) is 25.5. The molecule has 0 aliphatic rings. The lowest BCUT2D eigenvalue weighted by molar-refractivity contribution is 0.328. The maximum absolute atomic E-state index is 5.92. The molecule has 0 heterocycles. The first-order valence-corrected chi connectivity index (χ1v) is 15.0. The predicted octanol–water partition coefficient (Wildman–Crippen LogP) is 11.1. The summed E-state index contributed by atoms with van der Waals surface area (Å²) in [5.41, 5.74) is 10.1. The molecule has 3 heteroatoms. The molecule has 3 nitrogen and oxygen atoms in total. The maximum Gasteiger partial charge on any atom is 0.127 e. The lowest BCUT2D eigenvalue weighted by Crippen LogP contribution is -2.09. The molecule has 0 unspecified atom stereocenters. The van der Waals surface area contributed by atoms with Crippen molar-refractivity contribution in [3.63, 3.8) is 0 Å². The first-order chi connectivity index (χ1) is 21.1. The molecule has 5 rings (SSSR count). The third kappa shape index (κ3) is 7.25. The molecule has 0 amide bonds. The Balaban J connectivity index is 1.42. The molecule has 0 N–H and O–H groups in total. The van der Waals surface area contributed by atoms with Crippen LogP contribution < -0.4 is 14.4 Å². The number of hydrogen-bond acceptors (Lipinski definition) is 3. The van der Waals surface area contributed by atoms with Gasteiger partial charge in [0.15, 0.2) is 0 Å². The van der Waals surface area contributed by atoms with E-state index < -0.39 is 0 Å². The van der Waals surface area contributed by atoms with E-state index in [4.69, 9.17) is 9.47 Å². The monoisotopic (exact) mass is 565 g/mol. The van der Waals surface area contributed by atoms with E-state index in [-0.39, 0.29) is 0 Å². The SMILES string of the molecule is CC=Cc1ccc(-c2ccc(N(c3ccccc3)c3ccc(C=Cc4cc(OCC)c(C)cc4OCC)cc3)cc2)cc1. The largest absolute Gasteiger partial charge is 0.494 e. The highest BCUT2D eigenvalue weighted by molar-refractivity contribution is 5.80. The van der Waals surface area contributed by atoms with Gasteiger partial charge in [0.1, 0.15) is 11.5 Å². The molecule has 216 valence electrons. The average molecular weight is 566 g/mol. The van der Waals surface area contributed by atoms with Gasteiger partial charge in [-0.05, 0) is 104 Å². The summed E-state index contributed by atoms with van der Waals surface area (Å²) in [5.74, 6) is 1.75. The highest BCUT2D eigenvalue weighted by Gasteiger charge is 2.13. The van der Waals surface area contributed by atoms with Crippen LogP contribution in [0.4, 0.5) is 17.1 Å². The van der Waals surface area contributed by atoms with Crippen molar-refractivity contribution in [3.8, 4) is 22.6 Å². The second-order valence-corrected chi connectivity index (χ2v) is 10.3. The number of ether oxygens (including phenoxy) is 2. The van der Waals surface area contributed by atoms with E-state index in [2.05, 4.69) is 144 Å². The minimum absolute atomic E-state index is 0.613. The van der Waals surface area contributed by atoms with Gasteiger partial charge in [-0.1, -0.05) is 91.0 Å². The van der Waals surface area contributed by atoms with Crippen molar-refractivity contribution in [2.24, 2.45) is 0 Å². The van der Waals surface area contributed by atoms with Crippen molar-refractivity contribution in [1.82, 2.24) is 0 Å². The average Bonchev–Trinajstić information content (AvgIpc) is 3.04. The van der Waals surface area contributed by atoms with Crippen molar-refractivity contribution < 1.29 is 9.47 Å². The number of para-hydroxylation sites is 1. The third-order valence-electron chi connectivity index (χ3n) is 7.26. The summed E-state index contributed by atoms with van der Waals surface area (Å²) in [7, 11) is 0. The second kappa shape index (κ2) is 14.2. The number of nitrogens with zero attached hydrogens (tertiary/aromatic N) is 1. The van der Waals surface area contributed by atoms with Crippen LogP contribution in [0.3, 0.4) is 0 Å². The summed E-state index contributed by atoms with van der Waals surface area (Å²) in [6.07, 6.45) is 8.40. The Labute approximate surface area is 256 Å². The summed E-state index contributed by atoms with van der Waals surface area (Å²) in [5, 5.41) is 0. The number of aryl methyl sites for hydroxylation is 1. The van der Waals surface area contributed by atoms with Gasteiger partial charge in [-0.2, -0.15) is 0 Å². The quantitative estimate of drug-likeness (QED) is 0.149. The summed E-state index contributed by atoms with van der Waals surface area (Å²) in [6.45, 7) is 9.34. The van der Waals surface area contributed by atoms with Gasteiger partial charge in [-0.25, -0.2) is 0 Å². The Morgan fingerprint density at radius 1 is 0.558 bits per heavy atom. The first kappa shape index (κ1) is 29.5. The van der Waals surface area contributed by atoms with Gasteiger partial charge in [0.2, 0.25) is 0 Å². The molecule has 43 heavy (non-hydrogen) atoms. The van der Waals surface area contributed by atoms with Gasteiger partial charge < -0.3 is 14.4 Å². The van der Waals surface area contributed by atoms with Crippen LogP contribution >= 0.6 is 0 Å². The minimum Gasteiger partial charge on any atom is -0.494 e. The smallest absolute Gasteiger partial charge is 0.127 e. The Kier molecular flexibility index (Phi) is 9.76. The molecule has 0 fully saturated rings. The molecule has 5 aromatic carbocycles. The van der Waals surface area contributed by atoms with Crippen LogP contribution in [0.2, 0.25) is 0 Å². The fraction of sp³-hybridized carbons (Fsp3) is 0.150. The van der Waals surface area contributed by atoms with E-state index in [0.717, 1.165) is 45.3 Å². The summed E-state index contributed by atoms with van der Waals surface area (Å²) in [6, 6.07) is 40.7. The molecule has 0 saturated carbocycles. The molecule has 0 spiro atoms. The summed E-state index contributed by atoms with van der Waals surface area (Å²) >= 11 is 0. The van der Waals surface area contributed by atoms with Gasteiger partial charge in [0.05, 0.1) is 13.2 Å². The molecular weight excluding hydrogens is 526 g/mol. The van der Waals surface area contributed by atoms with Crippen LogP contribution in [0.1, 0.15) is 43.0 Å². The molecule has 0 aliphatic carbocycles. The van der Waals surface area contributed by atoms with Gasteiger partial charge in [-0.15, -0.1) is 0 Å². The highest BCUT2D eigenvalue weighted by Crippen LogP contribution is 2.36. The van der Waals surface area contributed by atoms with E-state index in [1.165, 1.54) is 16.7 Å². The van der Waals surface area contributed by atoms with Crippen molar-refractivity contribution in [3.05, 3.63) is 144 Å². The van der Waals surface area contributed by atoms with Crippen LogP contribution in [-0.4, -0.2) is 13.2 Å². The Bertz CT molecular complexity index is 1670. The van der Waals surface area contributed by atoms with Crippen LogP contribution in [0, 0.1) is 6.92 Å². The number of allylic oxidation sites excluding steroid dienone is 1. The Morgan fingerprint density at radius 2 is 1.07 bits per heavy atom. The van der Waals surface area contributed by atoms with E-state index in [0.29, 0.717) is 13.2 Å². The van der Waals surface area contributed by atoms with Gasteiger partial charge in [0.25, 0.3) is 0 Å². The van der Waals surface area contributed by atoms with Crippen molar-refractivity contribution >= 4 is 35.3 Å². The zero-order valence-electron chi connectivity index (χ0n) is 25.5. The van der Waals surface area contributed by atoms with Crippen LogP contribution in [0.25, 0.3) is 29.4 Å². The second-order valence-electron chi connectivity index (χ2n) is 10.3. The fourth-order valence-corrected chi connectivity index (χ4v) is 5.13. The van der Waals surface area contributed by atoms with Gasteiger partial charge in [-0.3, -0.25) is 0 Å². The normalized spacial score (nSPS) is 11.3. The molecule has 5 aromatic rings. The predicted molar refractivity (Wildman–Crippen MR) is 184 cm³/mol. The van der Waals surface area contributed by atoms with E-state index >= 15 is 0 Å². The number of benzene rings is 5. The van der Waals surface area contributed by atoms with Crippen molar-refractivity contribution in [1.29, 1.82) is 0 Å². The standard InChI is InChI=1S/C40H39NO2/c1-5-11-31-14-19-33(20-15-31)34-22-26-38(27-23-34)41(36-12-9-8-10-13-36)37-24-17-32(18-25-37)16-21-35-29-39(42-6-2)30(4)28-40(35)43-7-3/h5,8-29H,6-7H2,1-4H3. The molecule has 0 saturated heterocycles. The number of hydrogen-bond donors (Lipinski definition) is 0. The number of rotatable bonds is 11. The van der Waals surface area contributed by atoms with Gasteiger partial charge >= 0.3 is 0 Å². The van der Waals surface area contributed by atoms with Crippen LogP contribution in [-0.2, 0) is 0 Å². The van der Waals surface area contributed by atoms with Gasteiger partial charge in [0, 0.05) is 22.6 Å². The minimum atomic E-state index is 0.613. The summed E-state index contributed by atoms with van der Waals surface area (Å²) < 4.78 is 11.8. The fourth-order valence-electron chi connectivity index (χ4n) is 5.13. The van der Waals surface area contributed by atoms with E-state index in [9.17, 15) is 0 Å². The summed E-state index contributed by atoms with van der Waals surface area (Å²) in [4.78, 5) is 2.29. The Morgan fingerprint density at radius 3 is 1.67 bits per heavy atom. The third-order valence-corrected chi connectivity index (χ3v) is 7.26. The maximum atomic E-state index is 5.92. The van der Waals surface area contributed by atoms with Crippen molar-refractivity contribution in [2.75, 3.05) is 18.1 Å². The molecular formula is C40H39NO2. The molecule has 0 aliphatic heterocycles. The van der Waals surface area contributed by atoms with E-state index in [1.54, 1.807) is 0 Å². The topological polar surface area (TPSA) is 21.7 Å². The molecule has 0 aromatic heterocycles. The lowest BCUT2D eigenvalue weighted by atomic mass is 10.0. The zero-order chi connectivity index (χ0) is 30.0. The molecule has 0 radical (unpaired) electrons. The first-order valence-electron chi connectivity index (χ1n) is 15.0. The van der Waals surface area contributed by atoms with Crippen molar-refractivity contribution in [2.45, 2.75) is 27.7 Å². The lowest BCUT2D eigenvalue weighted by Gasteiger charge is -2.25. The molecule has 0 atom stereocenters. The van der Waals surface area contributed by atoms with E-state index in [1.807, 2.05) is 27.7 Å². The van der Waals surface area contributed by atoms with Crippen LogP contribution in [0.5, 0.6) is 11.5 Å². The highest BCUT2D eigenvalue weighted by atomic mass is 16.5. The number of anilines is 3. The molecule has 0 bridgehead atoms. The Hall–Kier alpha value is -5.02. The van der Waals surface area contributed by atoms with Crippen LogP contribution in [0.15, 0.2) is 121 Å².